The molecular weight excluding hydrogens is 458 g/mol. The zero-order valence-electron chi connectivity index (χ0n) is 18.7. The SMILES string of the molecule is CC(CC(=O)Nc1cc(F)c(C(=O)O)c(F)c1)NC(=O)OCC1c2ccccc2-c2ccccc21. The minimum atomic E-state index is -1.75. The molecule has 35 heavy (non-hydrogen) atoms. The first-order valence-electron chi connectivity index (χ1n) is 10.9. The average Bonchev–Trinajstić information content (AvgIpc) is 3.10. The van der Waals surface area contributed by atoms with Crippen LogP contribution in [0.5, 0.6) is 0 Å². The molecule has 0 bridgehead atoms. The number of ether oxygens (including phenoxy) is 1. The van der Waals surface area contributed by atoms with Gasteiger partial charge < -0.3 is 20.5 Å². The van der Waals surface area contributed by atoms with Gasteiger partial charge >= 0.3 is 12.1 Å². The quantitative estimate of drug-likeness (QED) is 0.445. The standard InChI is InChI=1S/C26H22F2N2O5/c1-14(10-23(31)30-15-11-21(27)24(25(32)33)22(28)12-15)29-26(34)35-13-20-18-8-4-2-6-16(18)17-7-3-5-9-19(17)20/h2-9,11-12,14,20H,10,13H2,1H3,(H,29,34)(H,30,31)(H,32,33). The van der Waals surface area contributed by atoms with Gasteiger partial charge in [-0.3, -0.25) is 4.79 Å². The first-order chi connectivity index (χ1) is 16.7. The normalized spacial score (nSPS) is 12.9. The van der Waals surface area contributed by atoms with Crippen molar-refractivity contribution in [2.24, 2.45) is 0 Å². The van der Waals surface area contributed by atoms with Crippen LogP contribution in [0.15, 0.2) is 60.7 Å². The molecule has 180 valence electrons. The van der Waals surface area contributed by atoms with Crippen LogP contribution in [0, 0.1) is 11.6 Å². The Morgan fingerprint density at radius 1 is 0.971 bits per heavy atom. The van der Waals surface area contributed by atoms with Crippen molar-refractivity contribution in [1.82, 2.24) is 5.32 Å². The second-order valence-electron chi connectivity index (χ2n) is 8.24. The monoisotopic (exact) mass is 480 g/mol. The molecule has 7 nitrogen and oxygen atoms in total. The second kappa shape index (κ2) is 9.92. The fourth-order valence-corrected chi connectivity index (χ4v) is 4.23. The summed E-state index contributed by atoms with van der Waals surface area (Å²) in [4.78, 5) is 35.4. The van der Waals surface area contributed by atoms with Gasteiger partial charge in [0, 0.05) is 24.1 Å². The van der Waals surface area contributed by atoms with E-state index in [0.717, 1.165) is 22.3 Å². The van der Waals surface area contributed by atoms with Gasteiger partial charge in [-0.1, -0.05) is 48.5 Å². The van der Waals surface area contributed by atoms with Crippen LogP contribution in [0.3, 0.4) is 0 Å². The van der Waals surface area contributed by atoms with E-state index in [2.05, 4.69) is 10.6 Å². The molecule has 3 N–H and O–H groups in total. The Labute approximate surface area is 199 Å². The number of fused-ring (bicyclic) bond motifs is 3. The van der Waals surface area contributed by atoms with E-state index in [0.29, 0.717) is 12.1 Å². The number of benzene rings is 3. The maximum absolute atomic E-state index is 13.8. The second-order valence-corrected chi connectivity index (χ2v) is 8.24. The van der Waals surface area contributed by atoms with E-state index in [9.17, 15) is 23.2 Å². The van der Waals surface area contributed by atoms with Gasteiger partial charge in [0.05, 0.1) is 0 Å². The summed E-state index contributed by atoms with van der Waals surface area (Å²) in [6.45, 7) is 1.70. The van der Waals surface area contributed by atoms with E-state index in [1.165, 1.54) is 0 Å². The Balaban J connectivity index is 1.31. The summed E-state index contributed by atoms with van der Waals surface area (Å²) in [6.07, 6.45) is -0.899. The average molecular weight is 480 g/mol. The number of carboxylic acids is 1. The van der Waals surface area contributed by atoms with Crippen molar-refractivity contribution >= 4 is 23.7 Å². The third-order valence-electron chi connectivity index (χ3n) is 5.74. The summed E-state index contributed by atoms with van der Waals surface area (Å²) in [5, 5.41) is 13.7. The van der Waals surface area contributed by atoms with Crippen LogP contribution >= 0.6 is 0 Å². The minimum absolute atomic E-state index is 0.106. The third kappa shape index (κ3) is 5.13. The van der Waals surface area contributed by atoms with Crippen LogP contribution in [0.25, 0.3) is 11.1 Å². The molecule has 9 heteroatoms. The van der Waals surface area contributed by atoms with Crippen molar-refractivity contribution in [3.8, 4) is 11.1 Å². The highest BCUT2D eigenvalue weighted by atomic mass is 19.1. The number of carboxylic acid groups (broad SMARTS) is 1. The van der Waals surface area contributed by atoms with E-state index in [1.54, 1.807) is 6.92 Å². The first kappa shape index (κ1) is 23.9. The van der Waals surface area contributed by atoms with Crippen molar-refractivity contribution in [1.29, 1.82) is 0 Å². The summed E-state index contributed by atoms with van der Waals surface area (Å²) >= 11 is 0. The number of amides is 2. The maximum Gasteiger partial charge on any atom is 0.407 e. The topological polar surface area (TPSA) is 105 Å². The molecule has 1 unspecified atom stereocenters. The number of rotatable bonds is 7. The predicted octanol–water partition coefficient (Wildman–Crippen LogP) is 4.92. The summed E-state index contributed by atoms with van der Waals surface area (Å²) in [5.74, 6) is -5.10. The minimum Gasteiger partial charge on any atom is -0.477 e. The molecule has 4 rings (SSSR count). The number of carbonyl (C=O) groups excluding carboxylic acids is 2. The van der Waals surface area contributed by atoms with Crippen molar-refractivity contribution in [2.75, 3.05) is 11.9 Å². The fraction of sp³-hybridized carbons (Fsp3) is 0.192. The van der Waals surface area contributed by atoms with E-state index in [1.807, 2.05) is 48.5 Å². The number of hydrogen-bond donors (Lipinski definition) is 3. The largest absolute Gasteiger partial charge is 0.477 e. The number of aromatic carboxylic acids is 1. The van der Waals surface area contributed by atoms with Crippen LogP contribution in [0.1, 0.15) is 40.7 Å². The Morgan fingerprint density at radius 3 is 2.06 bits per heavy atom. The number of halogens is 2. The first-order valence-corrected chi connectivity index (χ1v) is 10.9. The Hall–Kier alpha value is -4.27. The van der Waals surface area contributed by atoms with Gasteiger partial charge in [0.25, 0.3) is 0 Å². The number of hydrogen-bond acceptors (Lipinski definition) is 4. The molecule has 0 aliphatic heterocycles. The van der Waals surface area contributed by atoms with E-state index < -0.39 is 41.2 Å². The molecule has 1 aliphatic carbocycles. The number of anilines is 1. The van der Waals surface area contributed by atoms with Crippen LogP contribution in [-0.2, 0) is 9.53 Å². The van der Waals surface area contributed by atoms with E-state index in [4.69, 9.17) is 9.84 Å². The lowest BCUT2D eigenvalue weighted by molar-refractivity contribution is -0.116. The molecule has 1 atom stereocenters. The molecule has 3 aromatic rings. The van der Waals surface area contributed by atoms with E-state index >= 15 is 0 Å². The molecule has 0 heterocycles. The molecule has 0 saturated carbocycles. The van der Waals surface area contributed by atoms with Crippen LogP contribution in [0.2, 0.25) is 0 Å². The molecule has 0 fully saturated rings. The Bertz CT molecular complexity index is 1240. The van der Waals surface area contributed by atoms with Crippen molar-refractivity contribution in [3.63, 3.8) is 0 Å². The number of nitrogens with one attached hydrogen (secondary N) is 2. The highest BCUT2D eigenvalue weighted by Gasteiger charge is 2.29. The lowest BCUT2D eigenvalue weighted by atomic mass is 9.98. The van der Waals surface area contributed by atoms with E-state index in [-0.39, 0.29) is 24.6 Å². The maximum atomic E-state index is 13.8. The van der Waals surface area contributed by atoms with Gasteiger partial charge in [0.2, 0.25) is 5.91 Å². The summed E-state index contributed by atoms with van der Waals surface area (Å²) in [5.41, 5.74) is 3.01. The summed E-state index contributed by atoms with van der Waals surface area (Å²) in [7, 11) is 0. The van der Waals surface area contributed by atoms with Gasteiger partial charge in [0.1, 0.15) is 23.8 Å². The summed E-state index contributed by atoms with van der Waals surface area (Å²) in [6, 6.07) is 16.6. The molecule has 3 aromatic carbocycles. The predicted molar refractivity (Wildman–Crippen MR) is 124 cm³/mol. The Morgan fingerprint density at radius 2 is 1.51 bits per heavy atom. The third-order valence-corrected chi connectivity index (χ3v) is 5.74. The smallest absolute Gasteiger partial charge is 0.407 e. The van der Waals surface area contributed by atoms with Crippen LogP contribution < -0.4 is 10.6 Å². The molecule has 0 radical (unpaired) electrons. The zero-order chi connectivity index (χ0) is 25.1. The summed E-state index contributed by atoms with van der Waals surface area (Å²) < 4.78 is 33.0. The van der Waals surface area contributed by atoms with Gasteiger partial charge in [-0.25, -0.2) is 18.4 Å². The van der Waals surface area contributed by atoms with Crippen LogP contribution in [0.4, 0.5) is 19.3 Å². The van der Waals surface area contributed by atoms with Gasteiger partial charge in [-0.15, -0.1) is 0 Å². The zero-order valence-corrected chi connectivity index (χ0v) is 18.7. The Kier molecular flexibility index (Phi) is 6.77. The molecule has 2 amide bonds. The molecule has 1 aliphatic rings. The van der Waals surface area contributed by atoms with Crippen molar-refractivity contribution < 1.29 is 33.0 Å². The molecule has 0 spiro atoms. The van der Waals surface area contributed by atoms with Gasteiger partial charge in [-0.2, -0.15) is 0 Å². The lowest BCUT2D eigenvalue weighted by Crippen LogP contribution is -2.36. The van der Waals surface area contributed by atoms with Crippen molar-refractivity contribution in [2.45, 2.75) is 25.3 Å². The molecule has 0 aromatic heterocycles. The molecular formula is C26H22F2N2O5. The van der Waals surface area contributed by atoms with Gasteiger partial charge in [0.15, 0.2) is 0 Å². The lowest BCUT2D eigenvalue weighted by Gasteiger charge is -2.17. The van der Waals surface area contributed by atoms with Crippen LogP contribution in [-0.4, -0.2) is 35.7 Å². The highest BCUT2D eigenvalue weighted by Crippen LogP contribution is 2.44. The number of carbonyl (C=O) groups is 3. The van der Waals surface area contributed by atoms with Gasteiger partial charge in [-0.05, 0) is 41.3 Å². The number of alkyl carbamates (subject to hydrolysis) is 1. The highest BCUT2D eigenvalue weighted by molar-refractivity contribution is 5.93. The van der Waals surface area contributed by atoms with Crippen molar-refractivity contribution in [3.05, 3.63) is 89.0 Å². The molecule has 0 saturated heterocycles. The fourth-order valence-electron chi connectivity index (χ4n) is 4.23.